The van der Waals surface area contributed by atoms with Crippen molar-refractivity contribution < 1.29 is 0 Å². The van der Waals surface area contributed by atoms with Crippen molar-refractivity contribution >= 4 is 73.0 Å². The van der Waals surface area contributed by atoms with Crippen LogP contribution in [-0.4, -0.2) is 0 Å². The molecule has 3 heterocycles. The van der Waals surface area contributed by atoms with E-state index in [9.17, 15) is 0 Å². The van der Waals surface area contributed by atoms with Gasteiger partial charge in [0, 0.05) is 20.2 Å². The lowest BCUT2D eigenvalue weighted by Crippen LogP contribution is -1.86. The van der Waals surface area contributed by atoms with E-state index in [1.165, 1.54) is 121 Å². The van der Waals surface area contributed by atoms with Gasteiger partial charge in [0.05, 0.1) is 18.8 Å². The van der Waals surface area contributed by atoms with Crippen LogP contribution in [0.1, 0.15) is 82.3 Å². The average Bonchev–Trinajstić information content (AvgIpc) is 3.43. The maximum Gasteiger partial charge on any atom is 0.0642 e. The number of benzene rings is 2. The van der Waals surface area contributed by atoms with Gasteiger partial charge in [-0.05, 0) is 43.0 Å². The van der Waals surface area contributed by atoms with Crippen molar-refractivity contribution in [2.24, 2.45) is 0 Å². The Balaban J connectivity index is 1.21. The van der Waals surface area contributed by atoms with Crippen LogP contribution in [0.3, 0.4) is 0 Å². The summed E-state index contributed by atoms with van der Waals surface area (Å²) < 4.78 is 8.92. The quantitative estimate of drug-likeness (QED) is 0.166. The molecule has 0 saturated carbocycles. The van der Waals surface area contributed by atoms with Crippen LogP contribution in [0.15, 0.2) is 36.4 Å². The summed E-state index contributed by atoms with van der Waals surface area (Å²) in [5, 5.41) is 2.90. The molecule has 0 bridgehead atoms. The predicted octanol–water partition coefficient (Wildman–Crippen LogP) is 11.3. The van der Waals surface area contributed by atoms with E-state index in [-0.39, 0.29) is 0 Å². The third kappa shape index (κ3) is 4.62. The molecule has 32 heavy (non-hydrogen) atoms. The van der Waals surface area contributed by atoms with E-state index >= 15 is 0 Å². The zero-order valence-corrected chi connectivity index (χ0v) is 21.9. The fraction of sp³-hybridized carbons (Fsp3) is 0.448. The van der Waals surface area contributed by atoms with Crippen LogP contribution in [0.2, 0.25) is 0 Å². The van der Waals surface area contributed by atoms with Crippen molar-refractivity contribution in [2.45, 2.75) is 84.5 Å². The Morgan fingerprint density at radius 3 is 1.78 bits per heavy atom. The molecule has 0 aliphatic rings. The summed E-state index contributed by atoms with van der Waals surface area (Å²) in [7, 11) is 0. The first-order valence-corrected chi connectivity index (χ1v) is 15.0. The highest BCUT2D eigenvalue weighted by molar-refractivity contribution is 7.43. The minimum atomic E-state index is 1.23. The number of unbranched alkanes of at least 4 members (excludes halogenated alkanes) is 9. The second kappa shape index (κ2) is 10.2. The second-order valence-electron chi connectivity index (χ2n) is 9.38. The number of thiophene rings is 3. The Morgan fingerprint density at radius 1 is 0.562 bits per heavy atom. The number of hydrogen-bond donors (Lipinski definition) is 0. The molecule has 0 amide bonds. The topological polar surface area (TPSA) is 0 Å². The molecule has 5 aromatic rings. The van der Waals surface area contributed by atoms with E-state index < -0.39 is 0 Å². The first kappa shape index (κ1) is 22.4. The van der Waals surface area contributed by atoms with E-state index in [4.69, 9.17) is 0 Å². The summed E-state index contributed by atoms with van der Waals surface area (Å²) in [6.07, 6.45) is 15.3. The van der Waals surface area contributed by atoms with E-state index in [1.54, 1.807) is 0 Å². The molecule has 0 aliphatic heterocycles. The molecule has 0 nitrogen and oxygen atoms in total. The van der Waals surface area contributed by atoms with Gasteiger partial charge in [0.2, 0.25) is 0 Å². The van der Waals surface area contributed by atoms with Crippen LogP contribution in [-0.2, 0) is 6.42 Å². The van der Waals surface area contributed by atoms with E-state index in [2.05, 4.69) is 50.2 Å². The molecular weight excluding hydrogens is 445 g/mol. The molecule has 5 rings (SSSR count). The normalized spacial score (nSPS) is 12.2. The summed E-state index contributed by atoms with van der Waals surface area (Å²) in [4.78, 5) is 0. The van der Waals surface area contributed by atoms with Crippen LogP contribution in [0.25, 0.3) is 39.0 Å². The van der Waals surface area contributed by atoms with Gasteiger partial charge < -0.3 is 0 Å². The molecule has 0 aliphatic carbocycles. The summed E-state index contributed by atoms with van der Waals surface area (Å²) in [6.45, 7) is 4.49. The Labute approximate surface area is 204 Å². The first-order chi connectivity index (χ1) is 15.7. The van der Waals surface area contributed by atoms with Crippen LogP contribution in [0, 0.1) is 6.92 Å². The number of fused-ring (bicyclic) bond motifs is 7. The van der Waals surface area contributed by atoms with Crippen molar-refractivity contribution in [1.29, 1.82) is 0 Å². The van der Waals surface area contributed by atoms with Gasteiger partial charge in [-0.25, -0.2) is 0 Å². The molecule has 0 unspecified atom stereocenters. The predicted molar refractivity (Wildman–Crippen MR) is 150 cm³/mol. The molecule has 168 valence electrons. The smallest absolute Gasteiger partial charge is 0.0642 e. The third-order valence-corrected chi connectivity index (χ3v) is 10.7. The lowest BCUT2D eigenvalue weighted by molar-refractivity contribution is 0.556. The molecule has 0 radical (unpaired) electrons. The zero-order valence-electron chi connectivity index (χ0n) is 19.5. The third-order valence-electron chi connectivity index (χ3n) is 6.74. The molecular formula is C29H34S3. The number of hydrogen-bond acceptors (Lipinski definition) is 3. The number of rotatable bonds is 11. The maximum atomic E-state index is 2.48. The fourth-order valence-corrected chi connectivity index (χ4v) is 9.30. The van der Waals surface area contributed by atoms with Gasteiger partial charge >= 0.3 is 0 Å². The Morgan fingerprint density at radius 2 is 1.12 bits per heavy atom. The number of aryl methyl sites for hydroxylation is 2. The van der Waals surface area contributed by atoms with Gasteiger partial charge in [0.25, 0.3) is 0 Å². The van der Waals surface area contributed by atoms with E-state index in [1.807, 2.05) is 34.0 Å². The van der Waals surface area contributed by atoms with Gasteiger partial charge in [0.15, 0.2) is 0 Å². The highest BCUT2D eigenvalue weighted by Gasteiger charge is 2.16. The van der Waals surface area contributed by atoms with E-state index in [0.717, 1.165) is 0 Å². The molecule has 0 fully saturated rings. The van der Waals surface area contributed by atoms with Crippen LogP contribution in [0.5, 0.6) is 0 Å². The van der Waals surface area contributed by atoms with Crippen molar-refractivity contribution in [3.8, 4) is 0 Å². The largest absolute Gasteiger partial charge is 0.133 e. The van der Waals surface area contributed by atoms with Gasteiger partial charge in [-0.3, -0.25) is 0 Å². The first-order valence-electron chi connectivity index (χ1n) is 12.5. The van der Waals surface area contributed by atoms with Gasteiger partial charge in [-0.15, -0.1) is 34.0 Å². The van der Waals surface area contributed by atoms with Crippen LogP contribution in [0.4, 0.5) is 0 Å². The van der Waals surface area contributed by atoms with E-state index in [0.29, 0.717) is 0 Å². The maximum absolute atomic E-state index is 2.48. The molecule has 3 aromatic heterocycles. The molecule has 0 saturated heterocycles. The molecule has 0 N–H and O–H groups in total. The fourth-order valence-electron chi connectivity index (χ4n) is 4.87. The van der Waals surface area contributed by atoms with Crippen LogP contribution < -0.4 is 0 Å². The van der Waals surface area contributed by atoms with Gasteiger partial charge in [-0.1, -0.05) is 89.0 Å². The molecule has 0 atom stereocenters. The summed E-state index contributed by atoms with van der Waals surface area (Å²) in [5.41, 5.74) is 2.88. The lowest BCUT2D eigenvalue weighted by atomic mass is 10.0. The van der Waals surface area contributed by atoms with Gasteiger partial charge in [0.1, 0.15) is 0 Å². The highest BCUT2D eigenvalue weighted by Crippen LogP contribution is 2.50. The highest BCUT2D eigenvalue weighted by atomic mass is 32.1. The zero-order chi connectivity index (χ0) is 21.9. The second-order valence-corrected chi connectivity index (χ2v) is 12.5. The monoisotopic (exact) mass is 478 g/mol. The van der Waals surface area contributed by atoms with Crippen molar-refractivity contribution in [1.82, 2.24) is 0 Å². The lowest BCUT2D eigenvalue weighted by Gasteiger charge is -2.03. The summed E-state index contributed by atoms with van der Waals surface area (Å²) >= 11 is 5.99. The standard InChI is InChI=1S/C29H34S3/c1-3-4-5-6-7-8-9-10-11-12-13-21-15-17-23-25(19-21)31-29-27(23)32-26-22-16-14-20(2)18-24(22)30-28(26)29/h14-19H,3-13H2,1-2H3. The SMILES string of the molecule is CCCCCCCCCCCCc1ccc2c(c1)sc1c2sc2c3ccc(C)cc3sc21. The van der Waals surface area contributed by atoms with Gasteiger partial charge in [-0.2, -0.15) is 0 Å². The minimum Gasteiger partial charge on any atom is -0.133 e. The Bertz CT molecular complexity index is 1330. The van der Waals surface area contributed by atoms with Crippen LogP contribution >= 0.6 is 34.0 Å². The van der Waals surface area contributed by atoms with Crippen molar-refractivity contribution in [3.63, 3.8) is 0 Å². The summed E-state index contributed by atoms with van der Waals surface area (Å²) in [6, 6.07) is 14.2. The minimum absolute atomic E-state index is 1.23. The van der Waals surface area contributed by atoms with Crippen molar-refractivity contribution in [2.75, 3.05) is 0 Å². The summed E-state index contributed by atoms with van der Waals surface area (Å²) in [5.74, 6) is 0. The molecule has 2 aromatic carbocycles. The Hall–Kier alpha value is -1.42. The Kier molecular flexibility index (Phi) is 7.16. The molecule has 3 heteroatoms. The molecule has 0 spiro atoms. The average molecular weight is 479 g/mol. The van der Waals surface area contributed by atoms with Crippen molar-refractivity contribution in [3.05, 3.63) is 47.5 Å².